The average Bonchev–Trinajstić information content (AvgIpc) is 2.65. The molecule has 0 saturated carbocycles. The number of nitrogens with zero attached hydrogens (tertiary/aromatic N) is 2. The summed E-state index contributed by atoms with van der Waals surface area (Å²) < 4.78 is 5.36. The minimum absolute atomic E-state index is 0.343. The first-order chi connectivity index (χ1) is 6.84. The first-order valence-corrected chi connectivity index (χ1v) is 4.53. The second-order valence-corrected chi connectivity index (χ2v) is 3.35. The average molecular weight is 187 g/mol. The molecule has 0 amide bonds. The molecule has 2 aromatic heterocycles. The first-order valence-electron chi connectivity index (χ1n) is 4.53. The van der Waals surface area contributed by atoms with Crippen LogP contribution in [0.15, 0.2) is 22.9 Å². The van der Waals surface area contributed by atoms with Crippen LogP contribution in [0.25, 0.3) is 11.1 Å². The minimum Gasteiger partial charge on any atom is -0.469 e. The lowest BCUT2D eigenvalue weighted by molar-refractivity contribution is 0.506. The van der Waals surface area contributed by atoms with Crippen LogP contribution in [0.5, 0.6) is 0 Å². The normalized spacial score (nSPS) is 13.4. The van der Waals surface area contributed by atoms with Crippen molar-refractivity contribution in [3.8, 4) is 11.1 Å². The van der Waals surface area contributed by atoms with E-state index >= 15 is 0 Å². The fourth-order valence-corrected chi connectivity index (χ4v) is 1.85. The molecule has 0 saturated heterocycles. The van der Waals surface area contributed by atoms with Gasteiger partial charge in [0.1, 0.15) is 5.76 Å². The van der Waals surface area contributed by atoms with Gasteiger partial charge >= 0.3 is 0 Å². The predicted molar refractivity (Wildman–Crippen MR) is 51.6 cm³/mol. The summed E-state index contributed by atoms with van der Waals surface area (Å²) in [5.41, 5.74) is 8.70. The van der Waals surface area contributed by atoms with Crippen LogP contribution in [0.2, 0.25) is 0 Å². The maximum atomic E-state index is 5.53. The highest BCUT2D eigenvalue weighted by Crippen LogP contribution is 2.32. The second kappa shape index (κ2) is 2.57. The van der Waals surface area contributed by atoms with E-state index in [1.165, 1.54) is 0 Å². The molecule has 70 valence electrons. The van der Waals surface area contributed by atoms with Crippen molar-refractivity contribution < 1.29 is 4.42 Å². The predicted octanol–water partition coefficient (Wildman–Crippen LogP) is 1.42. The van der Waals surface area contributed by atoms with Crippen LogP contribution < -0.4 is 5.73 Å². The zero-order valence-electron chi connectivity index (χ0n) is 7.53. The highest BCUT2D eigenvalue weighted by atomic mass is 16.3. The molecule has 14 heavy (non-hydrogen) atoms. The molecule has 0 aliphatic heterocycles. The van der Waals surface area contributed by atoms with Gasteiger partial charge in [-0.3, -0.25) is 0 Å². The van der Waals surface area contributed by atoms with E-state index < -0.39 is 0 Å². The molecule has 2 heterocycles. The summed E-state index contributed by atoms with van der Waals surface area (Å²) in [7, 11) is 0. The summed E-state index contributed by atoms with van der Waals surface area (Å²) in [6.07, 6.45) is 5.25. The van der Waals surface area contributed by atoms with E-state index in [0.717, 1.165) is 35.4 Å². The zero-order chi connectivity index (χ0) is 9.54. The third kappa shape index (κ3) is 0.937. The largest absolute Gasteiger partial charge is 0.469 e. The Morgan fingerprint density at radius 2 is 2.21 bits per heavy atom. The number of hydrogen-bond acceptors (Lipinski definition) is 4. The van der Waals surface area contributed by atoms with Gasteiger partial charge in [-0.1, -0.05) is 0 Å². The van der Waals surface area contributed by atoms with Gasteiger partial charge in [0.2, 0.25) is 5.95 Å². The summed E-state index contributed by atoms with van der Waals surface area (Å²) in [6, 6.07) is 1.95. The fourth-order valence-electron chi connectivity index (χ4n) is 1.85. The van der Waals surface area contributed by atoms with E-state index in [1.54, 1.807) is 12.5 Å². The van der Waals surface area contributed by atoms with Crippen LogP contribution in [0.3, 0.4) is 0 Å². The quantitative estimate of drug-likeness (QED) is 0.677. The molecule has 0 unspecified atom stereocenters. The standard InChI is InChI=1S/C10H9N3O/c11-10-12-5-7-6-3-4-14-9(6)2-1-8(7)13-10/h3-5H,1-2H2,(H2,11,12,13). The van der Waals surface area contributed by atoms with Crippen LogP contribution in [-0.4, -0.2) is 9.97 Å². The van der Waals surface area contributed by atoms with E-state index in [4.69, 9.17) is 10.2 Å². The van der Waals surface area contributed by atoms with Gasteiger partial charge < -0.3 is 10.2 Å². The summed E-state index contributed by atoms with van der Waals surface area (Å²) in [5.74, 6) is 1.36. The van der Waals surface area contributed by atoms with Gasteiger partial charge in [-0.05, 0) is 12.5 Å². The summed E-state index contributed by atoms with van der Waals surface area (Å²) in [6.45, 7) is 0. The van der Waals surface area contributed by atoms with Crippen LogP contribution in [-0.2, 0) is 12.8 Å². The molecule has 0 fully saturated rings. The van der Waals surface area contributed by atoms with Crippen LogP contribution in [0.4, 0.5) is 5.95 Å². The Labute approximate surface area is 80.8 Å². The molecule has 0 radical (unpaired) electrons. The van der Waals surface area contributed by atoms with Crippen molar-refractivity contribution in [2.45, 2.75) is 12.8 Å². The molecule has 0 aromatic carbocycles. The van der Waals surface area contributed by atoms with Crippen molar-refractivity contribution in [3.05, 3.63) is 30.0 Å². The number of aromatic nitrogens is 2. The molecule has 3 rings (SSSR count). The molecule has 0 atom stereocenters. The lowest BCUT2D eigenvalue weighted by atomic mass is 9.96. The Hall–Kier alpha value is -1.84. The number of anilines is 1. The Morgan fingerprint density at radius 3 is 3.14 bits per heavy atom. The first kappa shape index (κ1) is 7.55. The summed E-state index contributed by atoms with van der Waals surface area (Å²) in [4.78, 5) is 8.21. The van der Waals surface area contributed by atoms with Gasteiger partial charge in [0.25, 0.3) is 0 Å². The van der Waals surface area contributed by atoms with Gasteiger partial charge in [0.05, 0.1) is 12.0 Å². The van der Waals surface area contributed by atoms with E-state index in [1.807, 2.05) is 6.07 Å². The third-order valence-electron chi connectivity index (χ3n) is 2.51. The third-order valence-corrected chi connectivity index (χ3v) is 2.51. The number of furan rings is 1. The fraction of sp³-hybridized carbons (Fsp3) is 0.200. The summed E-state index contributed by atoms with van der Waals surface area (Å²) >= 11 is 0. The van der Waals surface area contributed by atoms with Crippen molar-refractivity contribution in [1.29, 1.82) is 0 Å². The Kier molecular flexibility index (Phi) is 1.39. The lowest BCUT2D eigenvalue weighted by Gasteiger charge is -2.13. The van der Waals surface area contributed by atoms with Crippen molar-refractivity contribution in [1.82, 2.24) is 9.97 Å². The maximum absolute atomic E-state index is 5.53. The van der Waals surface area contributed by atoms with Crippen molar-refractivity contribution in [2.75, 3.05) is 5.73 Å². The van der Waals surface area contributed by atoms with E-state index in [2.05, 4.69) is 9.97 Å². The zero-order valence-corrected chi connectivity index (χ0v) is 7.53. The lowest BCUT2D eigenvalue weighted by Crippen LogP contribution is -2.07. The van der Waals surface area contributed by atoms with Gasteiger partial charge in [-0.15, -0.1) is 0 Å². The molecular weight excluding hydrogens is 178 g/mol. The Morgan fingerprint density at radius 1 is 1.29 bits per heavy atom. The minimum atomic E-state index is 0.343. The number of nitrogens with two attached hydrogens (primary N) is 1. The number of nitrogen functional groups attached to an aromatic ring is 1. The van der Waals surface area contributed by atoms with Crippen LogP contribution in [0, 0.1) is 0 Å². The number of hydrogen-bond donors (Lipinski definition) is 1. The smallest absolute Gasteiger partial charge is 0.220 e. The molecule has 4 heteroatoms. The number of rotatable bonds is 0. The second-order valence-electron chi connectivity index (χ2n) is 3.35. The molecule has 0 bridgehead atoms. The highest BCUT2D eigenvalue weighted by Gasteiger charge is 2.19. The molecule has 4 nitrogen and oxygen atoms in total. The monoisotopic (exact) mass is 187 g/mol. The van der Waals surface area contributed by atoms with Crippen molar-refractivity contribution >= 4 is 5.95 Å². The number of aryl methyl sites for hydroxylation is 2. The molecule has 1 aliphatic carbocycles. The van der Waals surface area contributed by atoms with Crippen LogP contribution >= 0.6 is 0 Å². The topological polar surface area (TPSA) is 64.9 Å². The maximum Gasteiger partial charge on any atom is 0.220 e. The highest BCUT2D eigenvalue weighted by molar-refractivity contribution is 5.69. The van der Waals surface area contributed by atoms with Crippen molar-refractivity contribution in [3.63, 3.8) is 0 Å². The Balaban J connectivity index is 2.26. The van der Waals surface area contributed by atoms with E-state index in [9.17, 15) is 0 Å². The van der Waals surface area contributed by atoms with Gasteiger partial charge in [-0.25, -0.2) is 9.97 Å². The van der Waals surface area contributed by atoms with Gasteiger partial charge in [0.15, 0.2) is 0 Å². The SMILES string of the molecule is Nc1ncc2c(n1)CCc1occc1-2. The number of fused-ring (bicyclic) bond motifs is 3. The summed E-state index contributed by atoms with van der Waals surface area (Å²) in [5, 5.41) is 0. The molecule has 2 N–H and O–H groups in total. The van der Waals surface area contributed by atoms with E-state index in [0.29, 0.717) is 5.95 Å². The molecule has 2 aromatic rings. The molecule has 1 aliphatic rings. The Bertz CT molecular complexity index is 490. The van der Waals surface area contributed by atoms with Crippen molar-refractivity contribution in [2.24, 2.45) is 0 Å². The molecule has 0 spiro atoms. The van der Waals surface area contributed by atoms with Gasteiger partial charge in [0, 0.05) is 23.7 Å². The van der Waals surface area contributed by atoms with Gasteiger partial charge in [-0.2, -0.15) is 0 Å². The van der Waals surface area contributed by atoms with Crippen LogP contribution in [0.1, 0.15) is 11.5 Å². The van der Waals surface area contributed by atoms with E-state index in [-0.39, 0.29) is 0 Å². The molecular formula is C10H9N3O.